The molecule has 0 spiro atoms. The Morgan fingerprint density at radius 2 is 1.72 bits per heavy atom. The number of anilines is 1. The molecule has 2 aromatic rings. The zero-order valence-corrected chi connectivity index (χ0v) is 16.5. The lowest BCUT2D eigenvalue weighted by atomic mass is 9.99. The summed E-state index contributed by atoms with van der Waals surface area (Å²) in [6.07, 6.45) is 1.13. The molecular formula is C21H28N2OS. The smallest absolute Gasteiger partial charge is 0.171 e. The Morgan fingerprint density at radius 3 is 2.28 bits per heavy atom. The molecule has 0 aliphatic heterocycles. The highest BCUT2D eigenvalue weighted by Crippen LogP contribution is 2.21. The van der Waals surface area contributed by atoms with Gasteiger partial charge in [-0.05, 0) is 87.3 Å². The molecule has 0 aliphatic rings. The molecule has 2 aromatic carbocycles. The Hall–Kier alpha value is -2.07. The molecule has 2 N–H and O–H groups in total. The van der Waals surface area contributed by atoms with Crippen molar-refractivity contribution in [3.8, 4) is 5.75 Å². The van der Waals surface area contributed by atoms with E-state index in [0.717, 1.165) is 17.9 Å². The highest BCUT2D eigenvalue weighted by atomic mass is 32.1. The van der Waals surface area contributed by atoms with Gasteiger partial charge in [0.05, 0.1) is 12.1 Å². The second-order valence-electron chi connectivity index (χ2n) is 6.59. The molecule has 134 valence electrons. The summed E-state index contributed by atoms with van der Waals surface area (Å²) in [4.78, 5) is 0. The van der Waals surface area contributed by atoms with Crippen LogP contribution in [0, 0.1) is 13.8 Å². The quantitative estimate of drug-likeness (QED) is 0.667. The van der Waals surface area contributed by atoms with E-state index >= 15 is 0 Å². The van der Waals surface area contributed by atoms with Crippen molar-refractivity contribution in [2.75, 3.05) is 5.32 Å². The van der Waals surface area contributed by atoms with Gasteiger partial charge in [-0.3, -0.25) is 0 Å². The van der Waals surface area contributed by atoms with Gasteiger partial charge in [0.1, 0.15) is 5.75 Å². The van der Waals surface area contributed by atoms with Crippen molar-refractivity contribution < 1.29 is 4.74 Å². The molecule has 0 fully saturated rings. The predicted octanol–water partition coefficient (Wildman–Crippen LogP) is 5.53. The first-order valence-electron chi connectivity index (χ1n) is 8.80. The summed E-state index contributed by atoms with van der Waals surface area (Å²) in [5.41, 5.74) is 4.82. The summed E-state index contributed by atoms with van der Waals surface area (Å²) in [5.74, 6) is 0.862. The maximum atomic E-state index is 5.66. The average molecular weight is 357 g/mol. The van der Waals surface area contributed by atoms with E-state index in [2.05, 4.69) is 49.6 Å². The summed E-state index contributed by atoms with van der Waals surface area (Å²) in [6.45, 7) is 10.5. The fourth-order valence-corrected chi connectivity index (χ4v) is 2.88. The van der Waals surface area contributed by atoms with Crippen LogP contribution in [-0.2, 0) is 0 Å². The number of rotatable bonds is 6. The zero-order chi connectivity index (χ0) is 18.4. The molecule has 0 amide bonds. The minimum Gasteiger partial charge on any atom is -0.491 e. The second kappa shape index (κ2) is 8.86. The van der Waals surface area contributed by atoms with Crippen molar-refractivity contribution in [3.05, 3.63) is 59.2 Å². The second-order valence-corrected chi connectivity index (χ2v) is 7.00. The van der Waals surface area contributed by atoms with Crippen LogP contribution >= 0.6 is 12.2 Å². The lowest BCUT2D eigenvalue weighted by molar-refractivity contribution is 0.242. The lowest BCUT2D eigenvalue weighted by Gasteiger charge is -2.21. The topological polar surface area (TPSA) is 33.3 Å². The Labute approximate surface area is 156 Å². The van der Waals surface area contributed by atoms with E-state index in [4.69, 9.17) is 17.0 Å². The monoisotopic (exact) mass is 356 g/mol. The highest BCUT2D eigenvalue weighted by molar-refractivity contribution is 7.80. The third-order valence-electron chi connectivity index (χ3n) is 4.13. The number of hydrogen-bond acceptors (Lipinski definition) is 2. The maximum Gasteiger partial charge on any atom is 0.171 e. The molecule has 4 heteroatoms. The van der Waals surface area contributed by atoms with Crippen LogP contribution in [0.25, 0.3) is 0 Å². The SMILES string of the molecule is CC[C@@H](NC(=S)Nc1ccc(OC(C)C)cc1)c1ccc(C)c(C)c1. The number of benzene rings is 2. The van der Waals surface area contributed by atoms with Crippen molar-refractivity contribution in [3.63, 3.8) is 0 Å². The fraction of sp³-hybridized carbons (Fsp3) is 0.381. The number of hydrogen-bond donors (Lipinski definition) is 2. The molecule has 3 nitrogen and oxygen atoms in total. The number of ether oxygens (including phenoxy) is 1. The summed E-state index contributed by atoms with van der Waals surface area (Å²) in [5, 5.41) is 7.29. The van der Waals surface area contributed by atoms with Crippen molar-refractivity contribution in [1.29, 1.82) is 0 Å². The van der Waals surface area contributed by atoms with E-state index in [1.807, 2.05) is 38.1 Å². The zero-order valence-electron chi connectivity index (χ0n) is 15.7. The van der Waals surface area contributed by atoms with Gasteiger partial charge in [-0.15, -0.1) is 0 Å². The molecular weight excluding hydrogens is 328 g/mol. The van der Waals surface area contributed by atoms with Gasteiger partial charge < -0.3 is 15.4 Å². The molecule has 0 unspecified atom stereocenters. The highest BCUT2D eigenvalue weighted by Gasteiger charge is 2.11. The van der Waals surface area contributed by atoms with Crippen LogP contribution < -0.4 is 15.4 Å². The number of aryl methyl sites for hydroxylation is 2. The van der Waals surface area contributed by atoms with Crippen LogP contribution in [0.2, 0.25) is 0 Å². The lowest BCUT2D eigenvalue weighted by Crippen LogP contribution is -2.32. The molecule has 0 saturated carbocycles. The van der Waals surface area contributed by atoms with Crippen LogP contribution in [0.1, 0.15) is 49.9 Å². The van der Waals surface area contributed by atoms with Gasteiger partial charge in [-0.2, -0.15) is 0 Å². The molecule has 0 heterocycles. The largest absolute Gasteiger partial charge is 0.491 e. The molecule has 25 heavy (non-hydrogen) atoms. The third kappa shape index (κ3) is 5.75. The van der Waals surface area contributed by atoms with Gasteiger partial charge in [-0.25, -0.2) is 0 Å². The van der Waals surface area contributed by atoms with Crippen LogP contribution in [0.4, 0.5) is 5.69 Å². The molecule has 0 aliphatic carbocycles. The van der Waals surface area contributed by atoms with E-state index in [0.29, 0.717) is 5.11 Å². The molecule has 0 radical (unpaired) electrons. The van der Waals surface area contributed by atoms with Crippen LogP contribution in [0.5, 0.6) is 5.75 Å². The predicted molar refractivity (Wildman–Crippen MR) is 111 cm³/mol. The molecule has 0 aromatic heterocycles. The summed E-state index contributed by atoms with van der Waals surface area (Å²) < 4.78 is 5.66. The van der Waals surface area contributed by atoms with E-state index in [1.54, 1.807) is 0 Å². The minimum atomic E-state index is 0.171. The molecule has 0 saturated heterocycles. The summed E-state index contributed by atoms with van der Waals surface area (Å²) in [6, 6.07) is 14.6. The van der Waals surface area contributed by atoms with Crippen molar-refractivity contribution in [1.82, 2.24) is 5.32 Å². The van der Waals surface area contributed by atoms with Gasteiger partial charge in [0, 0.05) is 5.69 Å². The van der Waals surface area contributed by atoms with Gasteiger partial charge in [0.2, 0.25) is 0 Å². The van der Waals surface area contributed by atoms with Gasteiger partial charge >= 0.3 is 0 Å². The van der Waals surface area contributed by atoms with E-state index in [1.165, 1.54) is 16.7 Å². The number of nitrogens with one attached hydrogen (secondary N) is 2. The van der Waals surface area contributed by atoms with E-state index in [9.17, 15) is 0 Å². The van der Waals surface area contributed by atoms with Gasteiger partial charge in [0.25, 0.3) is 0 Å². The minimum absolute atomic E-state index is 0.171. The fourth-order valence-electron chi connectivity index (χ4n) is 2.62. The van der Waals surface area contributed by atoms with Gasteiger partial charge in [-0.1, -0.05) is 25.1 Å². The third-order valence-corrected chi connectivity index (χ3v) is 4.35. The average Bonchev–Trinajstić information content (AvgIpc) is 2.56. The number of thiocarbonyl (C=S) groups is 1. The van der Waals surface area contributed by atoms with Crippen molar-refractivity contribution in [2.45, 2.75) is 53.2 Å². The van der Waals surface area contributed by atoms with Gasteiger partial charge in [0.15, 0.2) is 5.11 Å². The Morgan fingerprint density at radius 1 is 1.04 bits per heavy atom. The summed E-state index contributed by atoms with van der Waals surface area (Å²) in [7, 11) is 0. The molecule has 2 rings (SSSR count). The maximum absolute atomic E-state index is 5.66. The Kier molecular flexibility index (Phi) is 6.82. The van der Waals surface area contributed by atoms with Crippen LogP contribution in [-0.4, -0.2) is 11.2 Å². The standard InChI is InChI=1S/C21H28N2OS/c1-6-20(17-8-7-15(4)16(5)13-17)23-21(25)22-18-9-11-19(12-10-18)24-14(2)3/h7-14,20H,6H2,1-5H3,(H2,22,23,25)/t20-/m1/s1. The van der Waals surface area contributed by atoms with Crippen molar-refractivity contribution in [2.24, 2.45) is 0 Å². The molecule has 1 atom stereocenters. The summed E-state index contributed by atoms with van der Waals surface area (Å²) >= 11 is 5.49. The first-order chi connectivity index (χ1) is 11.9. The Bertz CT molecular complexity index is 710. The first-order valence-corrected chi connectivity index (χ1v) is 9.21. The first kappa shape index (κ1) is 19.3. The van der Waals surface area contributed by atoms with Crippen LogP contribution in [0.3, 0.4) is 0 Å². The molecule has 0 bridgehead atoms. The van der Waals surface area contributed by atoms with Crippen molar-refractivity contribution >= 4 is 23.0 Å². The van der Waals surface area contributed by atoms with Crippen LogP contribution in [0.15, 0.2) is 42.5 Å². The normalized spacial score (nSPS) is 11.9. The van der Waals surface area contributed by atoms with E-state index in [-0.39, 0.29) is 12.1 Å². The van der Waals surface area contributed by atoms with E-state index < -0.39 is 0 Å². The Balaban J connectivity index is 1.98.